The third-order valence-corrected chi connectivity index (χ3v) is 3.35. The number of halogens is 1. The van der Waals surface area contributed by atoms with Crippen molar-refractivity contribution in [3.63, 3.8) is 0 Å². The fraction of sp³-hybridized carbons (Fsp3) is 0.529. The van der Waals surface area contributed by atoms with Crippen molar-refractivity contribution in [2.75, 3.05) is 39.5 Å². The maximum Gasteiger partial charge on any atom is 0.414 e. The fourth-order valence-electron chi connectivity index (χ4n) is 1.72. The van der Waals surface area contributed by atoms with E-state index in [1.165, 1.54) is 0 Å². The number of carboxylic acid groups (broad SMARTS) is 2. The molecule has 1 aromatic rings. The monoisotopic (exact) mass is 407 g/mol. The van der Waals surface area contributed by atoms with Crippen molar-refractivity contribution in [2.45, 2.75) is 19.1 Å². The number of benzene rings is 1. The highest BCUT2D eigenvalue weighted by atomic mass is 35.5. The number of aliphatic hydroxyl groups is 2. The Kier molecular flexibility index (Phi) is 14.3. The average molecular weight is 408 g/mol. The van der Waals surface area contributed by atoms with Crippen molar-refractivity contribution < 1.29 is 39.5 Å². The molecule has 9 nitrogen and oxygen atoms in total. The van der Waals surface area contributed by atoms with E-state index in [0.29, 0.717) is 31.3 Å². The summed E-state index contributed by atoms with van der Waals surface area (Å²) in [5, 5.41) is 36.9. The number of nitrogens with one attached hydrogen (secondary N) is 1. The summed E-state index contributed by atoms with van der Waals surface area (Å²) in [7, 11) is 0. The predicted molar refractivity (Wildman–Crippen MR) is 97.9 cm³/mol. The van der Waals surface area contributed by atoms with E-state index in [4.69, 9.17) is 46.0 Å². The lowest BCUT2D eigenvalue weighted by atomic mass is 10.1. The minimum atomic E-state index is -1.82. The van der Waals surface area contributed by atoms with E-state index in [1.54, 1.807) is 0 Å². The van der Waals surface area contributed by atoms with Crippen LogP contribution >= 0.6 is 11.6 Å². The minimum Gasteiger partial charge on any atom is -0.473 e. The molecule has 0 spiro atoms. The molecule has 2 unspecified atom stereocenters. The Balaban J connectivity index is 0.000000972. The molecule has 0 aromatic heterocycles. The number of ether oxygens (including phenoxy) is 2. The molecule has 0 fully saturated rings. The number of hydrogen-bond acceptors (Lipinski definition) is 7. The number of aliphatic hydroxyl groups excluding tert-OH is 2. The standard InChI is InChI=1S/C15H24ClNO4.C2H2O4/c1-12(13-2-4-14(16)5-3-13)21-11-15(19)10-17-6-8-20-9-7-18;3-1(4)2(5)6/h2-5,12,15,17-19H,6-11H2,1H3;(H,3,4)(H,5,6). The quantitative estimate of drug-likeness (QED) is 0.262. The Labute approximate surface area is 162 Å². The van der Waals surface area contributed by atoms with Gasteiger partial charge in [-0.1, -0.05) is 23.7 Å². The van der Waals surface area contributed by atoms with Gasteiger partial charge in [0.05, 0.1) is 38.6 Å². The molecule has 1 rings (SSSR count). The van der Waals surface area contributed by atoms with Gasteiger partial charge in [0.2, 0.25) is 0 Å². The van der Waals surface area contributed by atoms with E-state index in [2.05, 4.69) is 5.32 Å². The second-order valence-electron chi connectivity index (χ2n) is 5.33. The summed E-state index contributed by atoms with van der Waals surface area (Å²) < 4.78 is 10.7. The molecule has 0 aliphatic carbocycles. The summed E-state index contributed by atoms with van der Waals surface area (Å²) in [6.45, 7) is 4.14. The van der Waals surface area contributed by atoms with E-state index in [0.717, 1.165) is 5.56 Å². The van der Waals surface area contributed by atoms with Crippen molar-refractivity contribution in [3.05, 3.63) is 34.9 Å². The molecule has 0 amide bonds. The molecule has 10 heteroatoms. The second-order valence-corrected chi connectivity index (χ2v) is 5.77. The molecule has 154 valence electrons. The molecule has 0 aliphatic rings. The van der Waals surface area contributed by atoms with Crippen molar-refractivity contribution in [1.29, 1.82) is 0 Å². The fourth-order valence-corrected chi connectivity index (χ4v) is 1.85. The number of carboxylic acids is 2. The molecule has 0 heterocycles. The summed E-state index contributed by atoms with van der Waals surface area (Å²) in [6.07, 6.45) is -0.664. The molecule has 0 radical (unpaired) electrons. The van der Waals surface area contributed by atoms with Gasteiger partial charge in [0.1, 0.15) is 0 Å². The van der Waals surface area contributed by atoms with Gasteiger partial charge in [-0.3, -0.25) is 0 Å². The van der Waals surface area contributed by atoms with Gasteiger partial charge in [-0.05, 0) is 24.6 Å². The van der Waals surface area contributed by atoms with Gasteiger partial charge in [0.15, 0.2) is 0 Å². The zero-order valence-electron chi connectivity index (χ0n) is 15.0. The molecular formula is C17H26ClNO8. The van der Waals surface area contributed by atoms with Crippen molar-refractivity contribution in [2.24, 2.45) is 0 Å². The zero-order valence-corrected chi connectivity index (χ0v) is 15.8. The average Bonchev–Trinajstić information content (AvgIpc) is 2.63. The van der Waals surface area contributed by atoms with Gasteiger partial charge < -0.3 is 35.2 Å². The summed E-state index contributed by atoms with van der Waals surface area (Å²) in [4.78, 5) is 18.2. The highest BCUT2D eigenvalue weighted by Gasteiger charge is 2.09. The van der Waals surface area contributed by atoms with E-state index in [-0.39, 0.29) is 19.3 Å². The van der Waals surface area contributed by atoms with Crippen LogP contribution in [0.5, 0.6) is 0 Å². The highest BCUT2D eigenvalue weighted by Crippen LogP contribution is 2.19. The van der Waals surface area contributed by atoms with Crippen LogP contribution in [0, 0.1) is 0 Å². The number of aliphatic carboxylic acids is 2. The zero-order chi connectivity index (χ0) is 20.7. The molecule has 0 bridgehead atoms. The summed E-state index contributed by atoms with van der Waals surface area (Å²) in [6, 6.07) is 7.47. The number of rotatable bonds is 11. The lowest BCUT2D eigenvalue weighted by Crippen LogP contribution is -2.32. The molecule has 27 heavy (non-hydrogen) atoms. The van der Waals surface area contributed by atoms with E-state index in [9.17, 15) is 5.11 Å². The first-order chi connectivity index (χ1) is 12.8. The van der Waals surface area contributed by atoms with Crippen LogP contribution in [-0.4, -0.2) is 78.0 Å². The van der Waals surface area contributed by atoms with Gasteiger partial charge in [-0.15, -0.1) is 0 Å². The number of hydrogen-bond donors (Lipinski definition) is 5. The molecule has 0 saturated heterocycles. The van der Waals surface area contributed by atoms with E-state index < -0.39 is 18.0 Å². The van der Waals surface area contributed by atoms with Crippen molar-refractivity contribution >= 4 is 23.5 Å². The minimum absolute atomic E-state index is 0.0268. The SMILES string of the molecule is CC(OCC(O)CNCCOCCO)c1ccc(Cl)cc1.O=C(O)C(=O)O. The highest BCUT2D eigenvalue weighted by molar-refractivity contribution is 6.30. The molecule has 5 N–H and O–H groups in total. The van der Waals surface area contributed by atoms with Gasteiger partial charge in [0.25, 0.3) is 0 Å². The Morgan fingerprint density at radius 2 is 1.74 bits per heavy atom. The molecule has 1 aromatic carbocycles. The maximum absolute atomic E-state index is 9.80. The van der Waals surface area contributed by atoms with Crippen LogP contribution in [0.25, 0.3) is 0 Å². The van der Waals surface area contributed by atoms with Gasteiger partial charge in [-0.25, -0.2) is 9.59 Å². The maximum atomic E-state index is 9.80. The van der Waals surface area contributed by atoms with Crippen molar-refractivity contribution in [1.82, 2.24) is 5.32 Å². The summed E-state index contributed by atoms with van der Waals surface area (Å²) in [5.74, 6) is -3.65. The normalized spacial score (nSPS) is 12.6. The lowest BCUT2D eigenvalue weighted by Gasteiger charge is -2.17. The molecule has 2 atom stereocenters. The first-order valence-corrected chi connectivity index (χ1v) is 8.56. The first kappa shape index (κ1) is 25.2. The van der Waals surface area contributed by atoms with Crippen LogP contribution in [-0.2, 0) is 19.1 Å². The Morgan fingerprint density at radius 1 is 1.15 bits per heavy atom. The Hall–Kier alpha value is -1.75. The Bertz CT molecular complexity index is 528. The van der Waals surface area contributed by atoms with Crippen molar-refractivity contribution in [3.8, 4) is 0 Å². The largest absolute Gasteiger partial charge is 0.473 e. The second kappa shape index (κ2) is 15.3. The van der Waals surface area contributed by atoms with Gasteiger partial charge in [-0.2, -0.15) is 0 Å². The first-order valence-electron chi connectivity index (χ1n) is 8.18. The molecular weight excluding hydrogens is 382 g/mol. The van der Waals surface area contributed by atoms with Gasteiger partial charge in [0, 0.05) is 18.1 Å². The Morgan fingerprint density at radius 3 is 2.26 bits per heavy atom. The molecule has 0 saturated carbocycles. The van der Waals surface area contributed by atoms with Crippen LogP contribution in [0.3, 0.4) is 0 Å². The lowest BCUT2D eigenvalue weighted by molar-refractivity contribution is -0.159. The van der Waals surface area contributed by atoms with Crippen LogP contribution in [0.1, 0.15) is 18.6 Å². The van der Waals surface area contributed by atoms with Crippen LogP contribution < -0.4 is 5.32 Å². The van der Waals surface area contributed by atoms with Crippen LogP contribution in [0.2, 0.25) is 5.02 Å². The smallest absolute Gasteiger partial charge is 0.414 e. The van der Waals surface area contributed by atoms with Crippen LogP contribution in [0.15, 0.2) is 24.3 Å². The third kappa shape index (κ3) is 14.0. The summed E-state index contributed by atoms with van der Waals surface area (Å²) >= 11 is 5.83. The topological polar surface area (TPSA) is 146 Å². The van der Waals surface area contributed by atoms with E-state index >= 15 is 0 Å². The van der Waals surface area contributed by atoms with Crippen LogP contribution in [0.4, 0.5) is 0 Å². The van der Waals surface area contributed by atoms with E-state index in [1.807, 2.05) is 31.2 Å². The predicted octanol–water partition coefficient (Wildman–Crippen LogP) is 0.533. The molecule has 0 aliphatic heterocycles. The number of carbonyl (C=O) groups is 2. The summed E-state index contributed by atoms with van der Waals surface area (Å²) in [5.41, 5.74) is 1.02. The van der Waals surface area contributed by atoms with Gasteiger partial charge >= 0.3 is 11.9 Å². The third-order valence-electron chi connectivity index (χ3n) is 3.10.